The van der Waals surface area contributed by atoms with E-state index in [1.165, 1.54) is 23.9 Å². The summed E-state index contributed by atoms with van der Waals surface area (Å²) in [6.45, 7) is 3.93. The van der Waals surface area contributed by atoms with Crippen LogP contribution in [0.15, 0.2) is 59.5 Å². The van der Waals surface area contributed by atoms with Crippen LogP contribution in [0.25, 0.3) is 5.69 Å². The quantitative estimate of drug-likeness (QED) is 0.638. The van der Waals surface area contributed by atoms with E-state index in [2.05, 4.69) is 10.4 Å². The Labute approximate surface area is 156 Å². The lowest BCUT2D eigenvalue weighted by Crippen LogP contribution is -2.14. The summed E-state index contributed by atoms with van der Waals surface area (Å²) in [4.78, 5) is 13.3. The summed E-state index contributed by atoms with van der Waals surface area (Å²) < 4.78 is 14.7. The minimum absolute atomic E-state index is 0.0615. The Morgan fingerprint density at radius 3 is 2.58 bits per heavy atom. The van der Waals surface area contributed by atoms with Crippen molar-refractivity contribution in [2.24, 2.45) is 0 Å². The number of carbonyl (C=O) groups is 1. The highest BCUT2D eigenvalue weighted by atomic mass is 32.2. The van der Waals surface area contributed by atoms with Crippen LogP contribution in [0, 0.1) is 19.7 Å². The van der Waals surface area contributed by atoms with Gasteiger partial charge in [-0.25, -0.2) is 9.07 Å². The maximum absolute atomic E-state index is 12.9. The molecular weight excluding hydrogens is 349 g/mol. The predicted octanol–water partition coefficient (Wildman–Crippen LogP) is 4.75. The van der Waals surface area contributed by atoms with Gasteiger partial charge >= 0.3 is 0 Å². The second-order valence-electron chi connectivity index (χ2n) is 5.96. The van der Waals surface area contributed by atoms with Crippen molar-refractivity contribution in [3.05, 3.63) is 71.8 Å². The summed E-state index contributed by atoms with van der Waals surface area (Å²) in [5, 5.41) is 7.46. The number of hydrogen-bond donors (Lipinski definition) is 1. The number of aryl methyl sites for hydroxylation is 2. The topological polar surface area (TPSA) is 46.9 Å². The monoisotopic (exact) mass is 369 g/mol. The van der Waals surface area contributed by atoms with Crippen molar-refractivity contribution in [3.8, 4) is 5.69 Å². The normalized spacial score (nSPS) is 10.7. The largest absolute Gasteiger partial charge is 0.324 e. The Hall–Kier alpha value is -2.60. The van der Waals surface area contributed by atoms with Gasteiger partial charge in [0.1, 0.15) is 5.82 Å². The molecule has 0 bridgehead atoms. The molecule has 0 unspecified atom stereocenters. The molecule has 0 saturated carbocycles. The molecule has 0 aliphatic heterocycles. The molecule has 0 fully saturated rings. The lowest BCUT2D eigenvalue weighted by molar-refractivity contribution is -0.115. The zero-order valence-electron chi connectivity index (χ0n) is 14.7. The Morgan fingerprint density at radius 2 is 1.88 bits per heavy atom. The van der Waals surface area contributed by atoms with Crippen LogP contribution in [-0.2, 0) is 4.79 Å². The van der Waals surface area contributed by atoms with E-state index in [1.807, 2.05) is 48.9 Å². The molecule has 0 aliphatic rings. The molecule has 3 rings (SSSR count). The SMILES string of the molecule is Cc1cc(C)n(-c2ccccc2NC(=O)CCSc2ccc(F)cc2)n1. The van der Waals surface area contributed by atoms with Gasteiger partial charge < -0.3 is 5.32 Å². The molecule has 4 nitrogen and oxygen atoms in total. The molecular formula is C20H20FN3OS. The fourth-order valence-corrected chi connectivity index (χ4v) is 3.49. The Morgan fingerprint density at radius 1 is 1.15 bits per heavy atom. The third kappa shape index (κ3) is 4.52. The summed E-state index contributed by atoms with van der Waals surface area (Å²) in [5.41, 5.74) is 3.52. The molecule has 1 aromatic heterocycles. The van der Waals surface area contributed by atoms with Gasteiger partial charge in [0.25, 0.3) is 0 Å². The van der Waals surface area contributed by atoms with Crippen molar-refractivity contribution in [2.75, 3.05) is 11.1 Å². The van der Waals surface area contributed by atoms with Crippen LogP contribution in [0.4, 0.5) is 10.1 Å². The number of nitrogens with one attached hydrogen (secondary N) is 1. The number of anilines is 1. The zero-order chi connectivity index (χ0) is 18.5. The highest BCUT2D eigenvalue weighted by molar-refractivity contribution is 7.99. The molecule has 0 aliphatic carbocycles. The Kier molecular flexibility index (Phi) is 5.73. The number of halogens is 1. The molecule has 0 spiro atoms. The molecule has 0 radical (unpaired) electrons. The van der Waals surface area contributed by atoms with Gasteiger partial charge in [-0.3, -0.25) is 4.79 Å². The number of carbonyl (C=O) groups excluding carboxylic acids is 1. The third-order valence-corrected chi connectivity index (χ3v) is 4.84. The first-order valence-corrected chi connectivity index (χ1v) is 9.32. The fourth-order valence-electron chi connectivity index (χ4n) is 2.64. The number of nitrogens with zero attached hydrogens (tertiary/aromatic N) is 2. The van der Waals surface area contributed by atoms with E-state index in [0.717, 1.165) is 27.7 Å². The van der Waals surface area contributed by atoms with Gasteiger partial charge in [0.2, 0.25) is 5.91 Å². The zero-order valence-corrected chi connectivity index (χ0v) is 15.5. The van der Waals surface area contributed by atoms with Crippen molar-refractivity contribution < 1.29 is 9.18 Å². The number of aromatic nitrogens is 2. The lowest BCUT2D eigenvalue weighted by atomic mass is 10.2. The molecule has 6 heteroatoms. The number of amides is 1. The van der Waals surface area contributed by atoms with Crippen LogP contribution >= 0.6 is 11.8 Å². The maximum atomic E-state index is 12.9. The van der Waals surface area contributed by atoms with Crippen LogP contribution in [-0.4, -0.2) is 21.4 Å². The van der Waals surface area contributed by atoms with Crippen molar-refractivity contribution in [1.29, 1.82) is 0 Å². The molecule has 26 heavy (non-hydrogen) atoms. The standard InChI is InChI=1S/C20H20FN3OS/c1-14-13-15(2)24(23-14)19-6-4-3-5-18(19)22-20(25)11-12-26-17-9-7-16(21)8-10-17/h3-10,13H,11-12H2,1-2H3,(H,22,25). The summed E-state index contributed by atoms with van der Waals surface area (Å²) in [7, 11) is 0. The maximum Gasteiger partial charge on any atom is 0.225 e. The van der Waals surface area contributed by atoms with Gasteiger partial charge in [-0.15, -0.1) is 11.8 Å². The number of rotatable bonds is 6. The molecule has 1 N–H and O–H groups in total. The molecule has 0 saturated heterocycles. The van der Waals surface area contributed by atoms with Gasteiger partial charge in [0.05, 0.1) is 17.1 Å². The first-order valence-electron chi connectivity index (χ1n) is 8.34. The summed E-state index contributed by atoms with van der Waals surface area (Å²) >= 11 is 1.53. The molecule has 3 aromatic rings. The van der Waals surface area contributed by atoms with Crippen LogP contribution in [0.2, 0.25) is 0 Å². The van der Waals surface area contributed by atoms with Gasteiger partial charge in [0.15, 0.2) is 0 Å². The highest BCUT2D eigenvalue weighted by Gasteiger charge is 2.11. The highest BCUT2D eigenvalue weighted by Crippen LogP contribution is 2.23. The van der Waals surface area contributed by atoms with Gasteiger partial charge in [-0.1, -0.05) is 12.1 Å². The average Bonchev–Trinajstić information content (AvgIpc) is 2.95. The van der Waals surface area contributed by atoms with E-state index in [-0.39, 0.29) is 11.7 Å². The average molecular weight is 369 g/mol. The Bertz CT molecular complexity index is 906. The molecule has 0 atom stereocenters. The minimum Gasteiger partial charge on any atom is -0.324 e. The van der Waals surface area contributed by atoms with Gasteiger partial charge in [-0.05, 0) is 56.3 Å². The van der Waals surface area contributed by atoms with Crippen molar-refractivity contribution >= 4 is 23.4 Å². The van der Waals surface area contributed by atoms with Gasteiger partial charge in [-0.2, -0.15) is 5.10 Å². The molecule has 1 heterocycles. The first-order chi connectivity index (χ1) is 12.5. The fraction of sp³-hybridized carbons (Fsp3) is 0.200. The predicted molar refractivity (Wildman–Crippen MR) is 103 cm³/mol. The van der Waals surface area contributed by atoms with Crippen LogP contribution in [0.1, 0.15) is 17.8 Å². The smallest absolute Gasteiger partial charge is 0.225 e. The summed E-state index contributed by atoms with van der Waals surface area (Å²) in [5.74, 6) is 0.306. The van der Waals surface area contributed by atoms with E-state index in [4.69, 9.17) is 0 Å². The van der Waals surface area contributed by atoms with Crippen LogP contribution in [0.5, 0.6) is 0 Å². The van der Waals surface area contributed by atoms with Crippen molar-refractivity contribution in [3.63, 3.8) is 0 Å². The molecule has 2 aromatic carbocycles. The second kappa shape index (κ2) is 8.19. The summed E-state index contributed by atoms with van der Waals surface area (Å²) in [6.07, 6.45) is 0.369. The van der Waals surface area contributed by atoms with Gasteiger partial charge in [0, 0.05) is 22.8 Å². The van der Waals surface area contributed by atoms with E-state index in [9.17, 15) is 9.18 Å². The number of thioether (sulfide) groups is 1. The first kappa shape index (κ1) is 18.2. The van der Waals surface area contributed by atoms with E-state index < -0.39 is 0 Å². The molecule has 134 valence electrons. The lowest BCUT2D eigenvalue weighted by Gasteiger charge is -2.12. The third-order valence-electron chi connectivity index (χ3n) is 3.83. The van der Waals surface area contributed by atoms with Crippen molar-refractivity contribution in [1.82, 2.24) is 9.78 Å². The molecule has 1 amide bonds. The van der Waals surface area contributed by atoms with E-state index in [0.29, 0.717) is 12.2 Å². The van der Waals surface area contributed by atoms with E-state index in [1.54, 1.807) is 12.1 Å². The minimum atomic E-state index is -0.257. The number of hydrogen-bond acceptors (Lipinski definition) is 3. The second-order valence-corrected chi connectivity index (χ2v) is 7.12. The number of para-hydroxylation sites is 2. The van der Waals surface area contributed by atoms with E-state index >= 15 is 0 Å². The van der Waals surface area contributed by atoms with Crippen molar-refractivity contribution in [2.45, 2.75) is 25.2 Å². The summed E-state index contributed by atoms with van der Waals surface area (Å²) in [6, 6.07) is 15.9. The Balaban J connectivity index is 1.63. The van der Waals surface area contributed by atoms with Crippen LogP contribution in [0.3, 0.4) is 0 Å². The van der Waals surface area contributed by atoms with Crippen LogP contribution < -0.4 is 5.32 Å². The number of benzene rings is 2.